The molecule has 0 amide bonds. The molecule has 0 saturated heterocycles. The first kappa shape index (κ1) is 17.6. The van der Waals surface area contributed by atoms with Crippen LogP contribution < -0.4 is 0 Å². The average Bonchev–Trinajstić information content (AvgIpc) is 2.97. The van der Waals surface area contributed by atoms with E-state index in [1.165, 1.54) is 42.4 Å². The van der Waals surface area contributed by atoms with E-state index in [0.29, 0.717) is 4.77 Å². The van der Waals surface area contributed by atoms with Crippen molar-refractivity contribution in [3.05, 3.63) is 45.7 Å². The van der Waals surface area contributed by atoms with E-state index in [1.807, 2.05) is 46.3 Å². The van der Waals surface area contributed by atoms with Crippen molar-refractivity contribution in [2.24, 2.45) is 0 Å². The fourth-order valence-electron chi connectivity index (χ4n) is 2.56. The van der Waals surface area contributed by atoms with Crippen molar-refractivity contribution >= 4 is 12.2 Å². The molecule has 0 bridgehead atoms. The highest BCUT2D eigenvalue weighted by Gasteiger charge is 2.13. The number of hydrogen-bond acceptors (Lipinski definition) is 2. The molecule has 21 heavy (non-hydrogen) atoms. The molecule has 4 heteroatoms. The summed E-state index contributed by atoms with van der Waals surface area (Å²) in [4.78, 5) is 10.5. The second-order valence-electron chi connectivity index (χ2n) is 4.59. The maximum Gasteiger partial charge on any atom is 0.174 e. The van der Waals surface area contributed by atoms with Gasteiger partial charge in [-0.2, -0.15) is 0 Å². The van der Waals surface area contributed by atoms with Crippen molar-refractivity contribution in [3.8, 4) is 0 Å². The van der Waals surface area contributed by atoms with Crippen LogP contribution in [0.2, 0.25) is 0 Å². The number of H-pyrrole nitrogens is 2. The minimum Gasteiger partial charge on any atom is -0.337 e. The molecule has 0 aromatic carbocycles. The Bertz CT molecular complexity index is 584. The Morgan fingerprint density at radius 3 is 2.48 bits per heavy atom. The largest absolute Gasteiger partial charge is 0.337 e. The number of pyridine rings is 1. The van der Waals surface area contributed by atoms with Gasteiger partial charge in [0.15, 0.2) is 4.77 Å². The molecule has 2 aromatic heterocycles. The summed E-state index contributed by atoms with van der Waals surface area (Å²) >= 11 is 5.04. The Labute approximate surface area is 133 Å². The number of aromatic nitrogens is 3. The van der Waals surface area contributed by atoms with Crippen LogP contribution in [-0.2, 0) is 19.3 Å². The number of nitrogens with zero attached hydrogens (tertiary/aromatic N) is 1. The Morgan fingerprint density at radius 2 is 1.81 bits per heavy atom. The summed E-state index contributed by atoms with van der Waals surface area (Å²) in [5.41, 5.74) is 5.41. The van der Waals surface area contributed by atoms with E-state index in [2.05, 4.69) is 15.0 Å². The van der Waals surface area contributed by atoms with Crippen molar-refractivity contribution in [3.63, 3.8) is 0 Å². The van der Waals surface area contributed by atoms with Crippen LogP contribution in [-0.4, -0.2) is 15.0 Å². The second kappa shape index (κ2) is 9.50. The van der Waals surface area contributed by atoms with Crippen molar-refractivity contribution in [1.82, 2.24) is 15.0 Å². The summed E-state index contributed by atoms with van der Waals surface area (Å²) in [6, 6.07) is 0. The molecule has 1 aliphatic rings. The van der Waals surface area contributed by atoms with Gasteiger partial charge >= 0.3 is 0 Å². The van der Waals surface area contributed by atoms with Gasteiger partial charge in [-0.1, -0.05) is 27.7 Å². The summed E-state index contributed by atoms with van der Waals surface area (Å²) in [7, 11) is 0. The average molecular weight is 305 g/mol. The predicted molar refractivity (Wildman–Crippen MR) is 92.4 cm³/mol. The van der Waals surface area contributed by atoms with Gasteiger partial charge in [-0.05, 0) is 54.6 Å². The smallest absolute Gasteiger partial charge is 0.174 e. The Hall–Kier alpha value is -1.42. The number of nitrogens with one attached hydrogen (secondary N) is 2. The molecule has 2 N–H and O–H groups in total. The maximum atomic E-state index is 5.04. The summed E-state index contributed by atoms with van der Waals surface area (Å²) in [6.45, 7) is 8.00. The van der Waals surface area contributed by atoms with E-state index < -0.39 is 0 Å². The number of aryl methyl sites for hydroxylation is 1. The van der Waals surface area contributed by atoms with Gasteiger partial charge in [-0.3, -0.25) is 4.98 Å². The van der Waals surface area contributed by atoms with Crippen LogP contribution in [0, 0.1) is 4.77 Å². The molecule has 2 aromatic rings. The second-order valence-corrected chi connectivity index (χ2v) is 5.00. The molecule has 0 saturated carbocycles. The predicted octanol–water partition coefficient (Wildman–Crippen LogP) is 4.99. The third-order valence-corrected chi connectivity index (χ3v) is 3.61. The molecule has 0 radical (unpaired) electrons. The van der Waals surface area contributed by atoms with Gasteiger partial charge < -0.3 is 9.97 Å². The van der Waals surface area contributed by atoms with Crippen LogP contribution in [0.3, 0.4) is 0 Å². The normalized spacial score (nSPS) is 12.4. The molecule has 1 aliphatic carbocycles. The van der Waals surface area contributed by atoms with Crippen LogP contribution in [0.15, 0.2) is 18.6 Å². The zero-order valence-corrected chi connectivity index (χ0v) is 14.4. The highest BCUT2D eigenvalue weighted by atomic mass is 32.1. The lowest BCUT2D eigenvalue weighted by molar-refractivity contribution is 0.675. The topological polar surface area (TPSA) is 44.5 Å². The van der Waals surface area contributed by atoms with Crippen LogP contribution >= 0.6 is 12.2 Å². The number of fused-ring (bicyclic) bond motifs is 1. The first-order valence-corrected chi connectivity index (χ1v) is 8.45. The minimum absolute atomic E-state index is 0.692. The van der Waals surface area contributed by atoms with E-state index in [0.717, 1.165) is 12.1 Å². The number of aromatic amines is 2. The van der Waals surface area contributed by atoms with Crippen molar-refractivity contribution < 1.29 is 0 Å². The van der Waals surface area contributed by atoms with Crippen LogP contribution in [0.25, 0.3) is 0 Å². The standard InChI is InChI=1S/C13H15N3S.2C2H6/c17-13-15-8-11(16-13)5-10-7-14-6-9-3-1-2-4-12(9)10;2*1-2/h6-8H,1-5H2,(H2,15,16,17);2*1-2H3. The van der Waals surface area contributed by atoms with Gasteiger partial charge in [0.25, 0.3) is 0 Å². The lowest BCUT2D eigenvalue weighted by Crippen LogP contribution is -2.07. The Balaban J connectivity index is 0.000000510. The molecule has 116 valence electrons. The van der Waals surface area contributed by atoms with Gasteiger partial charge in [0.05, 0.1) is 0 Å². The summed E-state index contributed by atoms with van der Waals surface area (Å²) in [6.07, 6.45) is 11.8. The van der Waals surface area contributed by atoms with Crippen molar-refractivity contribution in [2.75, 3.05) is 0 Å². The first-order chi connectivity index (χ1) is 10.3. The number of rotatable bonds is 2. The highest BCUT2D eigenvalue weighted by Crippen LogP contribution is 2.24. The molecule has 0 unspecified atom stereocenters. The molecular weight excluding hydrogens is 278 g/mol. The fraction of sp³-hybridized carbons (Fsp3) is 0.529. The van der Waals surface area contributed by atoms with Gasteiger partial charge in [-0.25, -0.2) is 0 Å². The number of imidazole rings is 1. The lowest BCUT2D eigenvalue weighted by atomic mass is 9.89. The monoisotopic (exact) mass is 305 g/mol. The van der Waals surface area contributed by atoms with Crippen LogP contribution in [0.5, 0.6) is 0 Å². The van der Waals surface area contributed by atoms with Crippen LogP contribution in [0.4, 0.5) is 0 Å². The maximum absolute atomic E-state index is 5.04. The third-order valence-electron chi connectivity index (χ3n) is 3.39. The molecule has 2 heterocycles. The SMILES string of the molecule is CC.CC.S=c1[nH]cc(Cc2cncc3c2CCCC3)[nH]1. The molecule has 3 rings (SSSR count). The zero-order chi connectivity index (χ0) is 15.7. The molecule has 0 aliphatic heterocycles. The number of hydrogen-bond donors (Lipinski definition) is 2. The molecule has 0 atom stereocenters. The Morgan fingerprint density at radius 1 is 1.10 bits per heavy atom. The summed E-state index contributed by atoms with van der Waals surface area (Å²) in [5.74, 6) is 0. The quantitative estimate of drug-likeness (QED) is 0.768. The van der Waals surface area contributed by atoms with Crippen LogP contribution in [0.1, 0.15) is 62.9 Å². The zero-order valence-electron chi connectivity index (χ0n) is 13.6. The highest BCUT2D eigenvalue weighted by molar-refractivity contribution is 7.71. The van der Waals surface area contributed by atoms with Gasteiger partial charge in [0, 0.05) is 30.7 Å². The first-order valence-electron chi connectivity index (χ1n) is 8.04. The molecule has 3 nitrogen and oxygen atoms in total. The Kier molecular flexibility index (Phi) is 7.98. The molecule has 0 fully saturated rings. The van der Waals surface area contributed by atoms with E-state index in [9.17, 15) is 0 Å². The molecule has 0 spiro atoms. The summed E-state index contributed by atoms with van der Waals surface area (Å²) < 4.78 is 0.692. The van der Waals surface area contributed by atoms with Crippen molar-refractivity contribution in [2.45, 2.75) is 59.8 Å². The van der Waals surface area contributed by atoms with E-state index in [4.69, 9.17) is 12.2 Å². The van der Waals surface area contributed by atoms with E-state index in [-0.39, 0.29) is 0 Å². The van der Waals surface area contributed by atoms with Gasteiger partial charge in [0.1, 0.15) is 0 Å². The van der Waals surface area contributed by atoms with Crippen molar-refractivity contribution in [1.29, 1.82) is 0 Å². The minimum atomic E-state index is 0.692. The fourth-order valence-corrected chi connectivity index (χ4v) is 2.75. The van der Waals surface area contributed by atoms with E-state index >= 15 is 0 Å². The van der Waals surface area contributed by atoms with E-state index in [1.54, 1.807) is 0 Å². The summed E-state index contributed by atoms with van der Waals surface area (Å²) in [5, 5.41) is 0. The molecular formula is C17H27N3S. The van der Waals surface area contributed by atoms with Gasteiger partial charge in [-0.15, -0.1) is 0 Å². The lowest BCUT2D eigenvalue weighted by Gasteiger charge is -2.18. The van der Waals surface area contributed by atoms with Gasteiger partial charge in [0.2, 0.25) is 0 Å². The third kappa shape index (κ3) is 4.81.